The average molecular weight is 285 g/mol. The molecule has 0 saturated carbocycles. The van der Waals surface area contributed by atoms with Crippen LogP contribution >= 0.6 is 0 Å². The van der Waals surface area contributed by atoms with E-state index in [1.807, 2.05) is 37.4 Å². The molecule has 1 N–H and O–H groups in total. The van der Waals surface area contributed by atoms with Crippen molar-refractivity contribution < 1.29 is 9.53 Å². The first-order valence-corrected chi connectivity index (χ1v) is 6.79. The number of rotatable bonds is 6. The van der Waals surface area contributed by atoms with Crippen molar-refractivity contribution in [1.82, 2.24) is 15.2 Å². The van der Waals surface area contributed by atoms with Gasteiger partial charge in [0.25, 0.3) is 5.91 Å². The molecule has 5 heteroatoms. The lowest BCUT2D eigenvalue weighted by Gasteiger charge is -2.16. The van der Waals surface area contributed by atoms with Crippen LogP contribution < -0.4 is 10.1 Å². The molecule has 1 aromatic carbocycles. The third-order valence-electron chi connectivity index (χ3n) is 2.99. The Bertz CT molecular complexity index is 570. The normalized spacial score (nSPS) is 10.2. The standard InChI is InChI=1S/C16H19N3O2/c1-17-10-11-19(2)16(20)13-8-9-15(18-12-13)21-14-6-4-3-5-7-14/h3-9,12,17H,10-11H2,1-2H3. The van der Waals surface area contributed by atoms with Gasteiger partial charge in [0.2, 0.25) is 5.88 Å². The summed E-state index contributed by atoms with van der Waals surface area (Å²) in [5.74, 6) is 1.13. The molecule has 1 amide bonds. The van der Waals surface area contributed by atoms with Crippen LogP contribution in [-0.2, 0) is 0 Å². The van der Waals surface area contributed by atoms with Crippen LogP contribution in [0.4, 0.5) is 0 Å². The minimum absolute atomic E-state index is 0.0518. The Morgan fingerprint density at radius 1 is 1.24 bits per heavy atom. The van der Waals surface area contributed by atoms with Crippen molar-refractivity contribution in [2.45, 2.75) is 0 Å². The van der Waals surface area contributed by atoms with Gasteiger partial charge >= 0.3 is 0 Å². The van der Waals surface area contributed by atoms with Gasteiger partial charge in [0, 0.05) is 32.4 Å². The van der Waals surface area contributed by atoms with Crippen LogP contribution in [0.25, 0.3) is 0 Å². The molecule has 0 radical (unpaired) electrons. The molecule has 2 rings (SSSR count). The summed E-state index contributed by atoms with van der Waals surface area (Å²) >= 11 is 0. The monoisotopic (exact) mass is 285 g/mol. The average Bonchev–Trinajstić information content (AvgIpc) is 2.53. The third kappa shape index (κ3) is 4.29. The molecule has 0 saturated heterocycles. The molecule has 1 aromatic heterocycles. The fraction of sp³-hybridized carbons (Fsp3) is 0.250. The van der Waals surface area contributed by atoms with Crippen molar-refractivity contribution in [2.24, 2.45) is 0 Å². The summed E-state index contributed by atoms with van der Waals surface area (Å²) in [7, 11) is 3.63. The summed E-state index contributed by atoms with van der Waals surface area (Å²) in [5.41, 5.74) is 0.550. The number of benzene rings is 1. The van der Waals surface area contributed by atoms with Crippen molar-refractivity contribution in [2.75, 3.05) is 27.2 Å². The zero-order valence-corrected chi connectivity index (χ0v) is 12.2. The number of nitrogens with zero attached hydrogens (tertiary/aromatic N) is 2. The van der Waals surface area contributed by atoms with Crippen LogP contribution in [-0.4, -0.2) is 43.0 Å². The van der Waals surface area contributed by atoms with Crippen molar-refractivity contribution >= 4 is 5.91 Å². The molecule has 110 valence electrons. The summed E-state index contributed by atoms with van der Waals surface area (Å²) in [6, 6.07) is 12.8. The quantitative estimate of drug-likeness (QED) is 0.883. The number of pyridine rings is 1. The molecule has 1 heterocycles. The van der Waals surface area contributed by atoms with E-state index in [1.54, 1.807) is 24.1 Å². The molecular weight excluding hydrogens is 266 g/mol. The molecule has 0 unspecified atom stereocenters. The smallest absolute Gasteiger partial charge is 0.255 e. The fourth-order valence-corrected chi connectivity index (χ4v) is 1.78. The zero-order valence-electron chi connectivity index (χ0n) is 12.2. The topological polar surface area (TPSA) is 54.5 Å². The second-order valence-corrected chi connectivity index (χ2v) is 4.63. The van der Waals surface area contributed by atoms with Gasteiger partial charge < -0.3 is 15.0 Å². The minimum atomic E-state index is -0.0518. The van der Waals surface area contributed by atoms with Crippen molar-refractivity contribution in [3.63, 3.8) is 0 Å². The molecule has 0 atom stereocenters. The Balaban J connectivity index is 2.00. The maximum Gasteiger partial charge on any atom is 0.255 e. The van der Waals surface area contributed by atoms with Gasteiger partial charge in [-0.25, -0.2) is 4.98 Å². The van der Waals surface area contributed by atoms with E-state index in [9.17, 15) is 4.79 Å². The molecule has 0 aliphatic carbocycles. The fourth-order valence-electron chi connectivity index (χ4n) is 1.78. The number of nitrogens with one attached hydrogen (secondary N) is 1. The minimum Gasteiger partial charge on any atom is -0.439 e. The van der Waals surface area contributed by atoms with Crippen LogP contribution in [0.1, 0.15) is 10.4 Å². The molecule has 0 spiro atoms. The SMILES string of the molecule is CNCCN(C)C(=O)c1ccc(Oc2ccccc2)nc1. The molecule has 0 aliphatic rings. The number of likely N-dealkylation sites (N-methyl/N-ethyl adjacent to an activating group) is 2. The highest BCUT2D eigenvalue weighted by molar-refractivity contribution is 5.93. The van der Waals surface area contributed by atoms with Gasteiger partial charge in [-0.05, 0) is 25.2 Å². The highest BCUT2D eigenvalue weighted by Crippen LogP contribution is 2.18. The Kier molecular flexibility index (Phi) is 5.29. The first-order valence-electron chi connectivity index (χ1n) is 6.79. The highest BCUT2D eigenvalue weighted by Gasteiger charge is 2.11. The van der Waals surface area contributed by atoms with Crippen molar-refractivity contribution in [1.29, 1.82) is 0 Å². The number of aromatic nitrogens is 1. The number of hydrogen-bond donors (Lipinski definition) is 1. The first-order chi connectivity index (χ1) is 10.2. The van der Waals surface area contributed by atoms with Crippen LogP contribution in [0.15, 0.2) is 48.7 Å². The number of para-hydroxylation sites is 1. The Morgan fingerprint density at radius 2 is 2.00 bits per heavy atom. The summed E-state index contributed by atoms with van der Waals surface area (Å²) in [6.45, 7) is 1.41. The Morgan fingerprint density at radius 3 is 2.62 bits per heavy atom. The van der Waals surface area contributed by atoms with Crippen LogP contribution in [0.2, 0.25) is 0 Å². The van der Waals surface area contributed by atoms with Gasteiger partial charge in [-0.3, -0.25) is 4.79 Å². The highest BCUT2D eigenvalue weighted by atomic mass is 16.5. The Labute approximate surface area is 124 Å². The maximum atomic E-state index is 12.1. The summed E-state index contributed by atoms with van der Waals surface area (Å²) in [4.78, 5) is 18.0. The number of carbonyl (C=O) groups is 1. The lowest BCUT2D eigenvalue weighted by atomic mass is 10.2. The molecule has 0 bridgehead atoms. The largest absolute Gasteiger partial charge is 0.439 e. The molecule has 0 fully saturated rings. The van der Waals surface area contributed by atoms with Crippen LogP contribution in [0.5, 0.6) is 11.6 Å². The van der Waals surface area contributed by atoms with Gasteiger partial charge in [-0.15, -0.1) is 0 Å². The van der Waals surface area contributed by atoms with E-state index in [1.165, 1.54) is 6.20 Å². The lowest BCUT2D eigenvalue weighted by Crippen LogP contribution is -2.32. The summed E-state index contributed by atoms with van der Waals surface area (Å²) in [6.07, 6.45) is 1.54. The molecule has 5 nitrogen and oxygen atoms in total. The molecule has 0 aliphatic heterocycles. The Hall–Kier alpha value is -2.40. The second kappa shape index (κ2) is 7.40. The van der Waals surface area contributed by atoms with Gasteiger partial charge in [0.1, 0.15) is 5.75 Å². The van der Waals surface area contributed by atoms with Gasteiger partial charge in [0.05, 0.1) is 5.56 Å². The van der Waals surface area contributed by atoms with E-state index in [4.69, 9.17) is 4.74 Å². The lowest BCUT2D eigenvalue weighted by molar-refractivity contribution is 0.0796. The second-order valence-electron chi connectivity index (χ2n) is 4.63. The zero-order chi connectivity index (χ0) is 15.1. The summed E-state index contributed by atoms with van der Waals surface area (Å²) < 4.78 is 5.59. The molecule has 2 aromatic rings. The predicted molar refractivity (Wildman–Crippen MR) is 81.6 cm³/mol. The predicted octanol–water partition coefficient (Wildman–Crippen LogP) is 2.17. The van der Waals surface area contributed by atoms with E-state index in [0.717, 1.165) is 12.3 Å². The number of amides is 1. The molecular formula is C16H19N3O2. The van der Waals surface area contributed by atoms with Gasteiger partial charge in [0.15, 0.2) is 0 Å². The van der Waals surface area contributed by atoms with E-state index >= 15 is 0 Å². The van der Waals surface area contributed by atoms with Crippen molar-refractivity contribution in [3.05, 3.63) is 54.2 Å². The number of carbonyl (C=O) groups excluding carboxylic acids is 1. The maximum absolute atomic E-state index is 12.1. The van der Waals surface area contributed by atoms with E-state index in [0.29, 0.717) is 18.0 Å². The van der Waals surface area contributed by atoms with E-state index < -0.39 is 0 Å². The van der Waals surface area contributed by atoms with Gasteiger partial charge in [-0.2, -0.15) is 0 Å². The van der Waals surface area contributed by atoms with Crippen molar-refractivity contribution in [3.8, 4) is 11.6 Å². The van der Waals surface area contributed by atoms with E-state index in [-0.39, 0.29) is 5.91 Å². The van der Waals surface area contributed by atoms with Crippen LogP contribution in [0.3, 0.4) is 0 Å². The van der Waals surface area contributed by atoms with Crippen LogP contribution in [0, 0.1) is 0 Å². The van der Waals surface area contributed by atoms with E-state index in [2.05, 4.69) is 10.3 Å². The summed E-state index contributed by atoms with van der Waals surface area (Å²) in [5, 5.41) is 3.01. The number of hydrogen-bond acceptors (Lipinski definition) is 4. The van der Waals surface area contributed by atoms with Gasteiger partial charge in [-0.1, -0.05) is 18.2 Å². The number of ether oxygens (including phenoxy) is 1. The first kappa shape index (κ1) is 15.0. The molecule has 21 heavy (non-hydrogen) atoms. The third-order valence-corrected chi connectivity index (χ3v) is 2.99.